The van der Waals surface area contributed by atoms with Gasteiger partial charge in [-0.3, -0.25) is 0 Å². The molecule has 7 rings (SSSR count). The average molecular weight is 520 g/mol. The van der Waals surface area contributed by atoms with Crippen molar-refractivity contribution in [2.45, 2.75) is 55.7 Å². The molecule has 2 aliphatic heterocycles. The highest BCUT2D eigenvalue weighted by molar-refractivity contribution is 5.85. The molecular weight excluding hydrogens is 486 g/mol. The second kappa shape index (κ2) is 9.42. The first kappa shape index (κ1) is 24.2. The minimum Gasteiger partial charge on any atom is -0.497 e. The van der Waals surface area contributed by atoms with E-state index in [0.29, 0.717) is 19.4 Å². The summed E-state index contributed by atoms with van der Waals surface area (Å²) in [5, 5.41) is 14.1. The highest BCUT2D eigenvalue weighted by atomic mass is 16.6. The Kier molecular flexibility index (Phi) is 5.85. The van der Waals surface area contributed by atoms with Gasteiger partial charge in [0.15, 0.2) is 0 Å². The number of carbonyl (C=O) groups excluding carboxylic acids is 1. The monoisotopic (exact) mass is 519 g/mol. The zero-order valence-corrected chi connectivity index (χ0v) is 22.2. The van der Waals surface area contributed by atoms with Crippen molar-refractivity contribution in [2.24, 2.45) is 0 Å². The van der Waals surface area contributed by atoms with E-state index in [1.807, 2.05) is 29.2 Å². The lowest BCUT2D eigenvalue weighted by atomic mass is 9.72. The molecular formula is C34H33NO4. The maximum Gasteiger partial charge on any atom is 0.410 e. The maximum atomic E-state index is 13.6. The van der Waals surface area contributed by atoms with E-state index in [0.717, 1.165) is 41.3 Å². The van der Waals surface area contributed by atoms with Gasteiger partial charge >= 0.3 is 6.09 Å². The zero-order chi connectivity index (χ0) is 26.6. The van der Waals surface area contributed by atoms with E-state index in [1.165, 1.54) is 22.3 Å². The highest BCUT2D eigenvalue weighted by Gasteiger charge is 2.49. The number of fused-ring (bicyclic) bond motifs is 6. The van der Waals surface area contributed by atoms with Crippen LogP contribution in [0, 0.1) is 0 Å². The topological polar surface area (TPSA) is 59.0 Å². The van der Waals surface area contributed by atoms with Gasteiger partial charge < -0.3 is 19.5 Å². The van der Waals surface area contributed by atoms with Crippen LogP contribution in [0.15, 0.2) is 84.9 Å². The smallest absolute Gasteiger partial charge is 0.410 e. The number of rotatable bonds is 4. The number of hydrogen-bond acceptors (Lipinski definition) is 4. The lowest BCUT2D eigenvalue weighted by Gasteiger charge is -2.51. The number of ether oxygens (including phenoxy) is 2. The molecule has 2 atom stereocenters. The Labute approximate surface area is 229 Å². The quantitative estimate of drug-likeness (QED) is 0.315. The molecule has 2 saturated heterocycles. The lowest BCUT2D eigenvalue weighted by Crippen LogP contribution is -2.59. The van der Waals surface area contributed by atoms with Gasteiger partial charge in [-0.25, -0.2) is 4.79 Å². The molecule has 2 heterocycles. The molecule has 0 saturated carbocycles. The van der Waals surface area contributed by atoms with Crippen LogP contribution in [0.2, 0.25) is 0 Å². The van der Waals surface area contributed by atoms with Crippen LogP contribution < -0.4 is 4.74 Å². The fourth-order valence-electron chi connectivity index (χ4n) is 7.27. The fourth-order valence-corrected chi connectivity index (χ4v) is 7.27. The Morgan fingerprint density at radius 2 is 1.49 bits per heavy atom. The minimum absolute atomic E-state index is 0.0373. The summed E-state index contributed by atoms with van der Waals surface area (Å²) in [5.41, 5.74) is 4.83. The van der Waals surface area contributed by atoms with Crippen molar-refractivity contribution in [3.8, 4) is 16.9 Å². The van der Waals surface area contributed by atoms with Gasteiger partial charge in [0.1, 0.15) is 12.4 Å². The van der Waals surface area contributed by atoms with Crippen molar-refractivity contribution in [1.29, 1.82) is 0 Å². The Morgan fingerprint density at radius 3 is 2.15 bits per heavy atom. The summed E-state index contributed by atoms with van der Waals surface area (Å²) in [7, 11) is 1.67. The predicted octanol–water partition coefficient (Wildman–Crippen LogP) is 7.00. The number of methoxy groups -OCH3 is 1. The summed E-state index contributed by atoms with van der Waals surface area (Å²) in [5.74, 6) is 0.860. The summed E-state index contributed by atoms with van der Waals surface area (Å²) in [6.45, 7) is 0.321. The van der Waals surface area contributed by atoms with Crippen LogP contribution in [0.1, 0.15) is 54.7 Å². The second-order valence-electron chi connectivity index (χ2n) is 11.3. The minimum atomic E-state index is -0.968. The van der Waals surface area contributed by atoms with Crippen LogP contribution in [0.4, 0.5) is 4.79 Å². The summed E-state index contributed by atoms with van der Waals surface area (Å²) in [6, 6.07) is 28.9. The molecule has 0 spiro atoms. The highest BCUT2D eigenvalue weighted by Crippen LogP contribution is 2.47. The summed E-state index contributed by atoms with van der Waals surface area (Å²) < 4.78 is 11.4. The Bertz CT molecular complexity index is 1500. The van der Waals surface area contributed by atoms with Crippen LogP contribution in [0.25, 0.3) is 21.9 Å². The van der Waals surface area contributed by atoms with Crippen molar-refractivity contribution in [3.05, 3.63) is 102 Å². The fraction of sp³-hybridized carbons (Fsp3) is 0.324. The van der Waals surface area contributed by atoms with Gasteiger partial charge in [-0.1, -0.05) is 66.7 Å². The third-order valence-electron chi connectivity index (χ3n) is 9.14. The number of piperidine rings is 2. The molecule has 4 aromatic carbocycles. The van der Waals surface area contributed by atoms with Gasteiger partial charge in [-0.2, -0.15) is 0 Å². The molecule has 2 bridgehead atoms. The van der Waals surface area contributed by atoms with E-state index in [4.69, 9.17) is 9.47 Å². The molecule has 39 heavy (non-hydrogen) atoms. The molecule has 2 fully saturated rings. The Balaban J connectivity index is 1.10. The molecule has 1 aliphatic carbocycles. The predicted molar refractivity (Wildman–Crippen MR) is 152 cm³/mol. The lowest BCUT2D eigenvalue weighted by molar-refractivity contribution is -0.0890. The second-order valence-corrected chi connectivity index (χ2v) is 11.3. The van der Waals surface area contributed by atoms with Gasteiger partial charge in [0.05, 0.1) is 12.7 Å². The SMILES string of the molecule is COc1ccc2cc(C3(O)CC4CCCC(C3)N4C(=O)OCC3c4ccccc4-c4ccccc43)ccc2c1. The largest absolute Gasteiger partial charge is 0.497 e. The van der Waals surface area contributed by atoms with Crippen LogP contribution >= 0.6 is 0 Å². The molecule has 2 unspecified atom stereocenters. The molecule has 198 valence electrons. The van der Waals surface area contributed by atoms with E-state index in [1.54, 1.807) is 7.11 Å². The van der Waals surface area contributed by atoms with Crippen LogP contribution in [0.5, 0.6) is 5.75 Å². The third-order valence-corrected chi connectivity index (χ3v) is 9.14. The van der Waals surface area contributed by atoms with Crippen LogP contribution in [-0.4, -0.2) is 41.9 Å². The molecule has 3 aliphatic rings. The first-order valence-corrected chi connectivity index (χ1v) is 14.0. The van der Waals surface area contributed by atoms with Crippen molar-refractivity contribution in [2.75, 3.05) is 13.7 Å². The normalized spacial score (nSPS) is 23.8. The molecule has 4 aromatic rings. The number of hydrogen-bond donors (Lipinski definition) is 1. The van der Waals surface area contributed by atoms with Crippen molar-refractivity contribution in [1.82, 2.24) is 4.90 Å². The maximum absolute atomic E-state index is 13.6. The Morgan fingerprint density at radius 1 is 0.872 bits per heavy atom. The molecule has 1 N–H and O–H groups in total. The summed E-state index contributed by atoms with van der Waals surface area (Å²) in [4.78, 5) is 15.5. The van der Waals surface area contributed by atoms with Crippen LogP contribution in [-0.2, 0) is 10.3 Å². The van der Waals surface area contributed by atoms with Gasteiger partial charge in [-0.05, 0) is 76.1 Å². The molecule has 5 nitrogen and oxygen atoms in total. The molecule has 0 aromatic heterocycles. The van der Waals surface area contributed by atoms with E-state index < -0.39 is 5.60 Å². The molecule has 5 heteroatoms. The van der Waals surface area contributed by atoms with Crippen LogP contribution in [0.3, 0.4) is 0 Å². The molecule has 0 radical (unpaired) electrons. The van der Waals surface area contributed by atoms with Crippen molar-refractivity contribution >= 4 is 16.9 Å². The summed E-state index contributed by atoms with van der Waals surface area (Å²) in [6.07, 6.45) is 3.63. The van der Waals surface area contributed by atoms with Crippen molar-refractivity contribution in [3.63, 3.8) is 0 Å². The van der Waals surface area contributed by atoms with Gasteiger partial charge in [0.2, 0.25) is 0 Å². The van der Waals surface area contributed by atoms with Gasteiger partial charge in [0.25, 0.3) is 0 Å². The van der Waals surface area contributed by atoms with Gasteiger partial charge in [0, 0.05) is 30.8 Å². The third kappa shape index (κ3) is 4.07. The number of aliphatic hydroxyl groups is 1. The van der Waals surface area contributed by atoms with E-state index in [9.17, 15) is 9.90 Å². The number of nitrogens with zero attached hydrogens (tertiary/aromatic N) is 1. The Hall–Kier alpha value is -3.83. The average Bonchev–Trinajstić information content (AvgIpc) is 3.28. The van der Waals surface area contributed by atoms with E-state index >= 15 is 0 Å². The first-order chi connectivity index (χ1) is 19.0. The molecule has 1 amide bonds. The number of amides is 1. The number of carbonyl (C=O) groups is 1. The van der Waals surface area contributed by atoms with Gasteiger partial charge in [-0.15, -0.1) is 0 Å². The van der Waals surface area contributed by atoms with E-state index in [-0.39, 0.29) is 24.1 Å². The summed E-state index contributed by atoms with van der Waals surface area (Å²) >= 11 is 0. The first-order valence-electron chi connectivity index (χ1n) is 14.0. The number of benzene rings is 4. The van der Waals surface area contributed by atoms with Crippen molar-refractivity contribution < 1.29 is 19.4 Å². The van der Waals surface area contributed by atoms with E-state index in [2.05, 4.69) is 60.7 Å². The standard InChI is InChI=1S/C34H33NO4/c1-38-27-16-14-22-17-24(15-13-23(22)18-27)34(37)19-25-7-6-8-26(20-34)35(25)33(36)39-21-32-30-11-4-2-9-28(30)29-10-3-5-12-31(29)32/h2-5,9-18,25-26,32,37H,6-8,19-21H2,1H3. The zero-order valence-electron chi connectivity index (χ0n) is 22.2.